The van der Waals surface area contributed by atoms with Crippen LogP contribution in [0.1, 0.15) is 27.0 Å². The number of terminal acetylenes is 1. The van der Waals surface area contributed by atoms with E-state index in [2.05, 4.69) is 21.2 Å². The molecule has 4 nitrogen and oxygen atoms in total. The summed E-state index contributed by atoms with van der Waals surface area (Å²) in [5.74, 6) is 2.42. The van der Waals surface area contributed by atoms with Crippen molar-refractivity contribution in [2.45, 2.75) is 13.5 Å². The molecule has 1 aromatic carbocycles. The largest absolute Gasteiger partial charge is 0.348 e. The Labute approximate surface area is 147 Å². The van der Waals surface area contributed by atoms with Gasteiger partial charge in [-0.3, -0.25) is 14.8 Å². The van der Waals surface area contributed by atoms with Crippen molar-refractivity contribution in [3.05, 3.63) is 83.2 Å². The molecule has 2 aromatic heterocycles. The van der Waals surface area contributed by atoms with E-state index in [1.165, 1.54) is 0 Å². The van der Waals surface area contributed by atoms with E-state index in [1.54, 1.807) is 24.5 Å². The lowest BCUT2D eigenvalue weighted by atomic mass is 10.1. The predicted octanol–water partition coefficient (Wildman–Crippen LogP) is 3.36. The van der Waals surface area contributed by atoms with Gasteiger partial charge in [0, 0.05) is 30.1 Å². The first-order chi connectivity index (χ1) is 12.2. The van der Waals surface area contributed by atoms with Crippen molar-refractivity contribution in [2.24, 2.45) is 0 Å². The highest BCUT2D eigenvalue weighted by Crippen LogP contribution is 2.16. The van der Waals surface area contributed by atoms with Gasteiger partial charge in [-0.15, -0.1) is 6.42 Å². The highest BCUT2D eigenvalue weighted by molar-refractivity contribution is 5.94. The quantitative estimate of drug-likeness (QED) is 0.748. The second kappa shape index (κ2) is 7.41. The highest BCUT2D eigenvalue weighted by atomic mass is 16.1. The van der Waals surface area contributed by atoms with E-state index in [0.717, 1.165) is 22.4 Å². The topological polar surface area (TPSA) is 54.9 Å². The van der Waals surface area contributed by atoms with Gasteiger partial charge in [-0.05, 0) is 54.4 Å². The number of rotatable bonds is 4. The van der Waals surface area contributed by atoms with Crippen molar-refractivity contribution in [3.63, 3.8) is 0 Å². The van der Waals surface area contributed by atoms with Crippen molar-refractivity contribution >= 4 is 5.91 Å². The van der Waals surface area contributed by atoms with Crippen molar-refractivity contribution in [3.8, 4) is 23.7 Å². The minimum absolute atomic E-state index is 0.155. The number of amides is 1. The fourth-order valence-corrected chi connectivity index (χ4v) is 2.39. The van der Waals surface area contributed by atoms with Crippen LogP contribution in [0.25, 0.3) is 11.4 Å². The van der Waals surface area contributed by atoms with Gasteiger partial charge in [0.05, 0.1) is 11.4 Å². The summed E-state index contributed by atoms with van der Waals surface area (Å²) in [6, 6.07) is 14.8. The van der Waals surface area contributed by atoms with E-state index in [9.17, 15) is 4.79 Å². The molecule has 1 N–H and O–H groups in total. The first-order valence-electron chi connectivity index (χ1n) is 7.88. The van der Waals surface area contributed by atoms with Crippen LogP contribution in [0.4, 0.5) is 0 Å². The lowest BCUT2D eigenvalue weighted by Gasteiger charge is -2.07. The maximum atomic E-state index is 12.4. The number of pyridine rings is 2. The predicted molar refractivity (Wildman–Crippen MR) is 97.8 cm³/mol. The second-order valence-corrected chi connectivity index (χ2v) is 5.67. The third-order valence-corrected chi connectivity index (χ3v) is 3.77. The molecule has 0 saturated carbocycles. The Morgan fingerprint density at radius 3 is 2.40 bits per heavy atom. The molecule has 3 rings (SSSR count). The van der Waals surface area contributed by atoms with E-state index in [4.69, 9.17) is 6.42 Å². The molecular formula is C21H17N3O. The molecule has 4 heteroatoms. The molecule has 0 aliphatic rings. The van der Waals surface area contributed by atoms with Crippen LogP contribution in [0.5, 0.6) is 0 Å². The maximum absolute atomic E-state index is 12.4. The average molecular weight is 327 g/mol. The van der Waals surface area contributed by atoms with Crippen molar-refractivity contribution in [2.75, 3.05) is 0 Å². The van der Waals surface area contributed by atoms with Crippen LogP contribution in [-0.2, 0) is 6.54 Å². The summed E-state index contributed by atoms with van der Waals surface area (Å²) in [5.41, 5.74) is 4.88. The summed E-state index contributed by atoms with van der Waals surface area (Å²) < 4.78 is 0. The van der Waals surface area contributed by atoms with Gasteiger partial charge in [-0.1, -0.05) is 18.1 Å². The van der Waals surface area contributed by atoms with Crippen LogP contribution < -0.4 is 5.32 Å². The molecule has 3 aromatic rings. The van der Waals surface area contributed by atoms with Gasteiger partial charge < -0.3 is 5.32 Å². The molecule has 25 heavy (non-hydrogen) atoms. The molecule has 0 unspecified atom stereocenters. The Balaban J connectivity index is 1.72. The SMILES string of the molecule is C#Cc1ccc(CNC(=O)c2ccnc(-c3cc(C)ccn3)c2)cc1. The van der Waals surface area contributed by atoms with Gasteiger partial charge in [0.1, 0.15) is 0 Å². The first kappa shape index (κ1) is 16.4. The zero-order valence-corrected chi connectivity index (χ0v) is 13.9. The summed E-state index contributed by atoms with van der Waals surface area (Å²) in [6.45, 7) is 2.43. The first-order valence-corrected chi connectivity index (χ1v) is 7.88. The summed E-state index contributed by atoms with van der Waals surface area (Å²) in [5, 5.41) is 2.90. The average Bonchev–Trinajstić information content (AvgIpc) is 2.66. The highest BCUT2D eigenvalue weighted by Gasteiger charge is 2.09. The number of hydrogen-bond donors (Lipinski definition) is 1. The third-order valence-electron chi connectivity index (χ3n) is 3.77. The number of carbonyl (C=O) groups is 1. The Morgan fingerprint density at radius 2 is 1.72 bits per heavy atom. The zero-order chi connectivity index (χ0) is 17.6. The van der Waals surface area contributed by atoms with Gasteiger partial charge in [-0.2, -0.15) is 0 Å². The van der Waals surface area contributed by atoms with Crippen molar-refractivity contribution in [1.29, 1.82) is 0 Å². The monoisotopic (exact) mass is 327 g/mol. The Kier molecular flexibility index (Phi) is 4.87. The number of benzene rings is 1. The van der Waals surface area contributed by atoms with Gasteiger partial charge in [0.25, 0.3) is 5.91 Å². The zero-order valence-electron chi connectivity index (χ0n) is 13.9. The maximum Gasteiger partial charge on any atom is 0.251 e. The van der Waals surface area contributed by atoms with E-state index < -0.39 is 0 Å². The molecule has 0 bridgehead atoms. The molecule has 1 amide bonds. The number of carbonyl (C=O) groups excluding carboxylic acids is 1. The molecule has 0 aliphatic carbocycles. The third kappa shape index (κ3) is 4.10. The van der Waals surface area contributed by atoms with E-state index in [1.807, 2.05) is 43.3 Å². The summed E-state index contributed by atoms with van der Waals surface area (Å²) in [4.78, 5) is 21.0. The normalized spacial score (nSPS) is 10.1. The molecular weight excluding hydrogens is 310 g/mol. The van der Waals surface area contributed by atoms with Crippen LogP contribution in [0.3, 0.4) is 0 Å². The number of aromatic nitrogens is 2. The molecule has 2 heterocycles. The summed E-state index contributed by atoms with van der Waals surface area (Å²) in [7, 11) is 0. The Morgan fingerprint density at radius 1 is 1.04 bits per heavy atom. The van der Waals surface area contributed by atoms with Crippen molar-refractivity contribution in [1.82, 2.24) is 15.3 Å². The van der Waals surface area contributed by atoms with Crippen LogP contribution >= 0.6 is 0 Å². The standard InChI is InChI=1S/C21H17N3O/c1-3-16-4-6-17(7-5-16)14-24-21(25)18-9-11-23-20(13-18)19-12-15(2)8-10-22-19/h1,4-13H,14H2,2H3,(H,24,25). The molecule has 0 atom stereocenters. The van der Waals surface area contributed by atoms with Crippen LogP contribution in [0.15, 0.2) is 60.9 Å². The molecule has 0 aliphatic heterocycles. The summed E-state index contributed by atoms with van der Waals surface area (Å²) >= 11 is 0. The lowest BCUT2D eigenvalue weighted by molar-refractivity contribution is 0.0951. The number of nitrogens with zero attached hydrogens (tertiary/aromatic N) is 2. The minimum Gasteiger partial charge on any atom is -0.348 e. The van der Waals surface area contributed by atoms with Gasteiger partial charge in [0.2, 0.25) is 0 Å². The van der Waals surface area contributed by atoms with Gasteiger partial charge in [0.15, 0.2) is 0 Å². The fourth-order valence-electron chi connectivity index (χ4n) is 2.39. The molecule has 0 spiro atoms. The number of hydrogen-bond acceptors (Lipinski definition) is 3. The molecule has 0 fully saturated rings. The molecule has 0 saturated heterocycles. The molecule has 122 valence electrons. The number of nitrogens with one attached hydrogen (secondary N) is 1. The minimum atomic E-state index is -0.155. The molecule has 0 radical (unpaired) electrons. The van der Waals surface area contributed by atoms with Crippen LogP contribution in [0.2, 0.25) is 0 Å². The van der Waals surface area contributed by atoms with E-state index in [-0.39, 0.29) is 5.91 Å². The van der Waals surface area contributed by atoms with Crippen LogP contribution in [0, 0.1) is 19.3 Å². The van der Waals surface area contributed by atoms with Crippen molar-refractivity contribution < 1.29 is 4.79 Å². The smallest absolute Gasteiger partial charge is 0.251 e. The summed E-state index contributed by atoms with van der Waals surface area (Å²) in [6.07, 6.45) is 8.69. The fraction of sp³-hybridized carbons (Fsp3) is 0.0952. The Bertz CT molecular complexity index is 940. The van der Waals surface area contributed by atoms with E-state index >= 15 is 0 Å². The lowest BCUT2D eigenvalue weighted by Crippen LogP contribution is -2.22. The number of aryl methyl sites for hydroxylation is 1. The van der Waals surface area contributed by atoms with Gasteiger partial charge >= 0.3 is 0 Å². The van der Waals surface area contributed by atoms with E-state index in [0.29, 0.717) is 17.8 Å². The van der Waals surface area contributed by atoms with Gasteiger partial charge in [-0.25, -0.2) is 0 Å². The second-order valence-electron chi connectivity index (χ2n) is 5.67. The van der Waals surface area contributed by atoms with Crippen LogP contribution in [-0.4, -0.2) is 15.9 Å². The Hall–Kier alpha value is -3.45.